The van der Waals surface area contributed by atoms with Crippen molar-refractivity contribution in [3.8, 4) is 0 Å². The third-order valence-electron chi connectivity index (χ3n) is 4.52. The van der Waals surface area contributed by atoms with Crippen molar-refractivity contribution in [3.63, 3.8) is 0 Å². The lowest BCUT2D eigenvalue weighted by Gasteiger charge is -2.36. The molecule has 6 nitrogen and oxygen atoms in total. The number of rotatable bonds is 3. The summed E-state index contributed by atoms with van der Waals surface area (Å²) in [5, 5.41) is 3.36. The van der Waals surface area contributed by atoms with Crippen molar-refractivity contribution in [2.24, 2.45) is 0 Å². The van der Waals surface area contributed by atoms with Gasteiger partial charge in [-0.25, -0.2) is 4.39 Å². The molecule has 2 fully saturated rings. The van der Waals surface area contributed by atoms with Gasteiger partial charge in [-0.05, 0) is 12.1 Å². The SMILES string of the molecule is O=C(CC1COCCN1)N1CCN(C(=O)c2c(F)cccc2Cl)CC1. The molecular formula is C17H21ClFN3O3. The number of nitrogens with one attached hydrogen (secondary N) is 1. The van der Waals surface area contributed by atoms with Crippen molar-refractivity contribution in [3.05, 3.63) is 34.6 Å². The lowest BCUT2D eigenvalue weighted by molar-refractivity contribution is -0.133. The molecule has 1 aromatic rings. The van der Waals surface area contributed by atoms with Gasteiger partial charge < -0.3 is 19.9 Å². The number of carbonyl (C=O) groups excluding carboxylic acids is 2. The Bertz CT molecular complexity index is 624. The van der Waals surface area contributed by atoms with Crippen LogP contribution in [0.1, 0.15) is 16.8 Å². The maximum atomic E-state index is 13.9. The molecule has 0 bridgehead atoms. The van der Waals surface area contributed by atoms with Crippen LogP contribution in [-0.2, 0) is 9.53 Å². The average Bonchev–Trinajstić information content (AvgIpc) is 2.62. The molecular weight excluding hydrogens is 349 g/mol. The summed E-state index contributed by atoms with van der Waals surface area (Å²) in [6.45, 7) is 3.56. The Hall–Kier alpha value is -1.70. The van der Waals surface area contributed by atoms with Gasteiger partial charge >= 0.3 is 0 Å². The van der Waals surface area contributed by atoms with Gasteiger partial charge in [0.15, 0.2) is 0 Å². The fourth-order valence-corrected chi connectivity index (χ4v) is 3.35. The fourth-order valence-electron chi connectivity index (χ4n) is 3.11. The summed E-state index contributed by atoms with van der Waals surface area (Å²) in [7, 11) is 0. The molecule has 0 spiro atoms. The molecule has 25 heavy (non-hydrogen) atoms. The molecule has 0 saturated carbocycles. The first kappa shape index (κ1) is 18.1. The molecule has 0 aromatic heterocycles. The second-order valence-electron chi connectivity index (χ2n) is 6.20. The first-order valence-electron chi connectivity index (χ1n) is 8.38. The average molecular weight is 370 g/mol. The largest absolute Gasteiger partial charge is 0.378 e. The summed E-state index contributed by atoms with van der Waals surface area (Å²) in [5.74, 6) is -1.02. The number of amides is 2. The van der Waals surface area contributed by atoms with Crippen LogP contribution in [0.2, 0.25) is 5.02 Å². The molecule has 1 unspecified atom stereocenters. The van der Waals surface area contributed by atoms with Crippen molar-refractivity contribution in [2.45, 2.75) is 12.5 Å². The van der Waals surface area contributed by atoms with Gasteiger partial charge in [0.2, 0.25) is 5.91 Å². The molecule has 136 valence electrons. The van der Waals surface area contributed by atoms with E-state index in [4.69, 9.17) is 16.3 Å². The minimum Gasteiger partial charge on any atom is -0.378 e. The third kappa shape index (κ3) is 4.29. The molecule has 8 heteroatoms. The summed E-state index contributed by atoms with van der Waals surface area (Å²) in [4.78, 5) is 28.2. The quantitative estimate of drug-likeness (QED) is 0.868. The first-order valence-corrected chi connectivity index (χ1v) is 8.76. The van der Waals surface area contributed by atoms with E-state index in [2.05, 4.69) is 5.32 Å². The maximum Gasteiger partial charge on any atom is 0.258 e. The van der Waals surface area contributed by atoms with Crippen LogP contribution in [-0.4, -0.2) is 73.6 Å². The zero-order valence-corrected chi connectivity index (χ0v) is 14.6. The highest BCUT2D eigenvalue weighted by molar-refractivity contribution is 6.33. The number of nitrogens with zero attached hydrogens (tertiary/aromatic N) is 2. The minimum absolute atomic E-state index is 0.0399. The van der Waals surface area contributed by atoms with Gasteiger partial charge in [-0.2, -0.15) is 0 Å². The summed E-state index contributed by atoms with van der Waals surface area (Å²) in [6, 6.07) is 4.22. The highest BCUT2D eigenvalue weighted by atomic mass is 35.5. The predicted octanol–water partition coefficient (Wildman–Crippen LogP) is 1.14. The molecule has 2 saturated heterocycles. The van der Waals surface area contributed by atoms with Crippen molar-refractivity contribution in [1.29, 1.82) is 0 Å². The van der Waals surface area contributed by atoms with Crippen LogP contribution in [0.5, 0.6) is 0 Å². The molecule has 1 aromatic carbocycles. The zero-order valence-electron chi connectivity index (χ0n) is 13.8. The maximum absolute atomic E-state index is 13.9. The molecule has 1 atom stereocenters. The van der Waals surface area contributed by atoms with Gasteiger partial charge in [-0.3, -0.25) is 9.59 Å². The molecule has 2 aliphatic heterocycles. The summed E-state index contributed by atoms with van der Waals surface area (Å²) >= 11 is 5.96. The van der Waals surface area contributed by atoms with E-state index in [9.17, 15) is 14.0 Å². The first-order chi connectivity index (χ1) is 12.1. The Morgan fingerprint density at radius 2 is 1.96 bits per heavy atom. The number of benzene rings is 1. The number of ether oxygens (including phenoxy) is 1. The summed E-state index contributed by atoms with van der Waals surface area (Å²) < 4.78 is 19.3. The lowest BCUT2D eigenvalue weighted by atomic mass is 10.1. The smallest absolute Gasteiger partial charge is 0.258 e. The molecule has 2 aliphatic rings. The Balaban J connectivity index is 1.54. The number of hydrogen-bond donors (Lipinski definition) is 1. The van der Waals surface area contributed by atoms with Gasteiger partial charge in [0, 0.05) is 45.2 Å². The molecule has 2 amide bonds. The van der Waals surface area contributed by atoms with E-state index in [1.54, 1.807) is 4.90 Å². The molecule has 2 heterocycles. The van der Waals surface area contributed by atoms with E-state index >= 15 is 0 Å². The number of carbonyl (C=O) groups is 2. The minimum atomic E-state index is -0.626. The van der Waals surface area contributed by atoms with Crippen LogP contribution in [0.3, 0.4) is 0 Å². The topological polar surface area (TPSA) is 61.9 Å². The van der Waals surface area contributed by atoms with E-state index in [0.29, 0.717) is 45.8 Å². The van der Waals surface area contributed by atoms with E-state index < -0.39 is 11.7 Å². The van der Waals surface area contributed by atoms with E-state index in [1.807, 2.05) is 0 Å². The van der Waals surface area contributed by atoms with E-state index in [0.717, 1.165) is 6.54 Å². The van der Waals surface area contributed by atoms with Gasteiger partial charge in [-0.15, -0.1) is 0 Å². The van der Waals surface area contributed by atoms with E-state index in [-0.39, 0.29) is 22.5 Å². The van der Waals surface area contributed by atoms with Crippen LogP contribution in [0.25, 0.3) is 0 Å². The van der Waals surface area contributed by atoms with Crippen LogP contribution in [0.4, 0.5) is 4.39 Å². The number of piperazine rings is 1. The van der Waals surface area contributed by atoms with Crippen molar-refractivity contribution in [1.82, 2.24) is 15.1 Å². The summed E-state index contributed by atoms with van der Waals surface area (Å²) in [6.07, 6.45) is 0.382. The molecule has 0 radical (unpaired) electrons. The lowest BCUT2D eigenvalue weighted by Crippen LogP contribution is -2.52. The van der Waals surface area contributed by atoms with Crippen LogP contribution in [0, 0.1) is 5.82 Å². The normalized spacial score (nSPS) is 21.3. The van der Waals surface area contributed by atoms with Gasteiger partial charge in [0.25, 0.3) is 5.91 Å². The Morgan fingerprint density at radius 3 is 2.60 bits per heavy atom. The predicted molar refractivity (Wildman–Crippen MR) is 91.1 cm³/mol. The molecule has 1 N–H and O–H groups in total. The molecule has 3 rings (SSSR count). The zero-order chi connectivity index (χ0) is 17.8. The molecule has 0 aliphatic carbocycles. The van der Waals surface area contributed by atoms with Crippen LogP contribution < -0.4 is 5.32 Å². The Morgan fingerprint density at radius 1 is 1.24 bits per heavy atom. The van der Waals surface area contributed by atoms with Gasteiger partial charge in [0.1, 0.15) is 5.82 Å². The van der Waals surface area contributed by atoms with Gasteiger partial charge in [-0.1, -0.05) is 17.7 Å². The monoisotopic (exact) mass is 369 g/mol. The van der Waals surface area contributed by atoms with Crippen LogP contribution in [0.15, 0.2) is 18.2 Å². The van der Waals surface area contributed by atoms with Crippen LogP contribution >= 0.6 is 11.6 Å². The Kier molecular flexibility index (Phi) is 5.88. The summed E-state index contributed by atoms with van der Waals surface area (Å²) in [5.41, 5.74) is -0.104. The second-order valence-corrected chi connectivity index (χ2v) is 6.61. The fraction of sp³-hybridized carbons (Fsp3) is 0.529. The van der Waals surface area contributed by atoms with Crippen molar-refractivity contribution >= 4 is 23.4 Å². The number of morpholine rings is 1. The Labute approximate surface area is 150 Å². The standard InChI is InChI=1S/C17H21ClFN3O3/c18-13-2-1-3-14(19)16(13)17(24)22-7-5-21(6-8-22)15(23)10-12-11-25-9-4-20-12/h1-3,12,20H,4-11H2. The highest BCUT2D eigenvalue weighted by Gasteiger charge is 2.28. The second kappa shape index (κ2) is 8.12. The van der Waals surface area contributed by atoms with Crippen molar-refractivity contribution in [2.75, 3.05) is 45.9 Å². The third-order valence-corrected chi connectivity index (χ3v) is 4.83. The highest BCUT2D eigenvalue weighted by Crippen LogP contribution is 2.21. The van der Waals surface area contributed by atoms with E-state index in [1.165, 1.54) is 23.1 Å². The van der Waals surface area contributed by atoms with Gasteiger partial charge in [0.05, 0.1) is 23.8 Å². The number of hydrogen-bond acceptors (Lipinski definition) is 4. The van der Waals surface area contributed by atoms with Crippen molar-refractivity contribution < 1.29 is 18.7 Å². The number of halogens is 2.